The number of esters is 2. The molecule has 0 saturated carbocycles. The van der Waals surface area contributed by atoms with Crippen molar-refractivity contribution < 1.29 is 48.2 Å². The van der Waals surface area contributed by atoms with Gasteiger partial charge in [-0.25, -0.2) is 4.57 Å². The summed E-state index contributed by atoms with van der Waals surface area (Å²) in [4.78, 5) is 42.9. The van der Waals surface area contributed by atoms with Crippen molar-refractivity contribution >= 4 is 19.8 Å². The van der Waals surface area contributed by atoms with Crippen molar-refractivity contribution in [1.82, 2.24) is 0 Å². The minimum atomic E-state index is -4.84. The van der Waals surface area contributed by atoms with Gasteiger partial charge < -0.3 is 29.5 Å². The minimum Gasteiger partial charge on any atom is -0.462 e. The second-order valence-corrected chi connectivity index (χ2v) is 14.4. The number of aliphatic hydroxyl groups is 2. The summed E-state index contributed by atoms with van der Waals surface area (Å²) < 4.78 is 26.2. The molecule has 0 aliphatic carbocycles. The zero-order chi connectivity index (χ0) is 41.4. The molecule has 0 saturated heterocycles. The summed E-state index contributed by atoms with van der Waals surface area (Å²) in [6.45, 7) is 3.15. The van der Waals surface area contributed by atoms with Gasteiger partial charge in [0.2, 0.25) is 0 Å². The highest BCUT2D eigenvalue weighted by atomic mass is 31.2. The van der Waals surface area contributed by atoms with Gasteiger partial charge in [-0.3, -0.25) is 14.1 Å². The van der Waals surface area contributed by atoms with Gasteiger partial charge in [0.15, 0.2) is 6.10 Å². The number of ether oxygens (including phenoxy) is 2. The van der Waals surface area contributed by atoms with E-state index in [9.17, 15) is 24.4 Å². The second-order valence-electron chi connectivity index (χ2n) is 13.2. The van der Waals surface area contributed by atoms with Gasteiger partial charge in [0.05, 0.1) is 18.8 Å². The van der Waals surface area contributed by atoms with Crippen LogP contribution in [-0.4, -0.2) is 63.5 Å². The van der Waals surface area contributed by atoms with E-state index in [1.807, 2.05) is 18.2 Å². The maximum atomic E-state index is 12.4. The van der Waals surface area contributed by atoms with Gasteiger partial charge in [0.1, 0.15) is 6.61 Å². The van der Waals surface area contributed by atoms with Crippen LogP contribution in [0.2, 0.25) is 0 Å². The van der Waals surface area contributed by atoms with E-state index in [4.69, 9.17) is 19.3 Å². The third kappa shape index (κ3) is 38.9. The third-order valence-electron chi connectivity index (χ3n) is 7.99. The maximum Gasteiger partial charge on any atom is 0.469 e. The first-order chi connectivity index (χ1) is 27.1. The molecule has 0 heterocycles. The first-order valence-corrected chi connectivity index (χ1v) is 21.9. The molecule has 316 valence electrons. The lowest BCUT2D eigenvalue weighted by Crippen LogP contribution is -2.29. The summed E-state index contributed by atoms with van der Waals surface area (Å²) in [5, 5.41) is 20.5. The Morgan fingerprint density at radius 2 is 0.982 bits per heavy atom. The number of hydrogen-bond donors (Lipinski definition) is 4. The summed E-state index contributed by atoms with van der Waals surface area (Å²) in [6, 6.07) is 0. The molecule has 0 rings (SSSR count). The Morgan fingerprint density at radius 3 is 1.46 bits per heavy atom. The fourth-order valence-electron chi connectivity index (χ4n) is 4.90. The lowest BCUT2D eigenvalue weighted by atomic mass is 10.0. The van der Waals surface area contributed by atoms with E-state index < -0.39 is 51.3 Å². The average molecular weight is 803 g/mol. The molecule has 0 aliphatic heterocycles. The average Bonchev–Trinajstić information content (AvgIpc) is 3.16. The first-order valence-electron chi connectivity index (χ1n) is 20.3. The molecule has 4 N–H and O–H groups in total. The van der Waals surface area contributed by atoms with Crippen molar-refractivity contribution in [2.24, 2.45) is 0 Å². The monoisotopic (exact) mass is 802 g/mol. The number of unbranched alkanes of at least 4 members (excludes halogenated alkanes) is 3. The number of carbonyl (C=O) groups is 2. The molecule has 0 amide bonds. The Bertz CT molecular complexity index is 1300. The van der Waals surface area contributed by atoms with Crippen molar-refractivity contribution in [2.45, 2.75) is 148 Å². The second kappa shape index (κ2) is 38.5. The van der Waals surface area contributed by atoms with E-state index >= 15 is 0 Å². The zero-order valence-corrected chi connectivity index (χ0v) is 34.8. The van der Waals surface area contributed by atoms with E-state index in [1.165, 1.54) is 0 Å². The van der Waals surface area contributed by atoms with Crippen molar-refractivity contribution in [3.8, 4) is 0 Å². The predicted molar refractivity (Wildman–Crippen MR) is 228 cm³/mol. The Balaban J connectivity index is 4.27. The van der Waals surface area contributed by atoms with Gasteiger partial charge in [-0.2, -0.15) is 0 Å². The van der Waals surface area contributed by atoms with Gasteiger partial charge in [0.25, 0.3) is 0 Å². The molecule has 11 heteroatoms. The van der Waals surface area contributed by atoms with Crippen LogP contribution in [0, 0.1) is 0 Å². The maximum absolute atomic E-state index is 12.4. The summed E-state index contributed by atoms with van der Waals surface area (Å²) in [7, 11) is -4.84. The summed E-state index contributed by atoms with van der Waals surface area (Å²) >= 11 is 0. The molecule has 56 heavy (non-hydrogen) atoms. The van der Waals surface area contributed by atoms with Gasteiger partial charge in [0, 0.05) is 12.8 Å². The van der Waals surface area contributed by atoms with E-state index in [1.54, 1.807) is 0 Å². The zero-order valence-electron chi connectivity index (χ0n) is 34.0. The third-order valence-corrected chi connectivity index (χ3v) is 8.47. The van der Waals surface area contributed by atoms with Crippen LogP contribution in [0.3, 0.4) is 0 Å². The number of rotatable bonds is 35. The smallest absolute Gasteiger partial charge is 0.462 e. The molecule has 3 atom stereocenters. The lowest BCUT2D eigenvalue weighted by Gasteiger charge is -2.19. The standard InChI is InChI=1S/C45H71O10P/c1-3-5-7-9-11-13-15-17-18-19-20-21-22-23-25-27-29-31-33-37-45(49)55-41(40-54-56(50,51)52)39-53-44(48)38-34-36-43(47)42(46)35-32-30-28-26-24-16-14-12-10-8-6-4-2/h5-8,11-14,17-18,20-21,23-26,30,32,41-43,46-47H,3-4,9-10,15-16,19,22,27-29,31,33-40H2,1-2H3,(H2,50,51,52)/b7-5-,8-6-,13-11-,14-12-,18-17-,21-20-,25-23-,26-24-,32-30-/t41-,42+,43+/m1/s1. The van der Waals surface area contributed by atoms with Crippen LogP contribution < -0.4 is 0 Å². The van der Waals surface area contributed by atoms with E-state index in [2.05, 4.69) is 110 Å². The van der Waals surface area contributed by atoms with Crippen LogP contribution in [0.15, 0.2) is 109 Å². The molecule has 0 radical (unpaired) electrons. The molecule has 0 unspecified atom stereocenters. The minimum absolute atomic E-state index is 0.0638. The molecule has 0 aromatic heterocycles. The Morgan fingerprint density at radius 1 is 0.536 bits per heavy atom. The summed E-state index contributed by atoms with van der Waals surface area (Å²) in [6.07, 6.45) is 47.0. The Kier molecular flexibility index (Phi) is 36.2. The normalized spacial score (nSPS) is 14.8. The Labute approximate surface area is 337 Å². The molecule has 0 spiro atoms. The van der Waals surface area contributed by atoms with Crippen LogP contribution in [0.5, 0.6) is 0 Å². The van der Waals surface area contributed by atoms with Gasteiger partial charge in [-0.1, -0.05) is 130 Å². The number of phosphoric ester groups is 1. The molecule has 0 fully saturated rings. The predicted octanol–water partition coefficient (Wildman–Crippen LogP) is 10.3. The number of phosphoric acid groups is 1. The van der Waals surface area contributed by atoms with Crippen LogP contribution >= 0.6 is 7.82 Å². The highest BCUT2D eigenvalue weighted by molar-refractivity contribution is 7.46. The van der Waals surface area contributed by atoms with E-state index in [-0.39, 0.29) is 32.1 Å². The van der Waals surface area contributed by atoms with E-state index in [0.29, 0.717) is 6.42 Å². The topological polar surface area (TPSA) is 160 Å². The van der Waals surface area contributed by atoms with Crippen molar-refractivity contribution in [3.63, 3.8) is 0 Å². The van der Waals surface area contributed by atoms with Crippen LogP contribution in [0.25, 0.3) is 0 Å². The lowest BCUT2D eigenvalue weighted by molar-refractivity contribution is -0.161. The van der Waals surface area contributed by atoms with Crippen molar-refractivity contribution in [2.75, 3.05) is 13.2 Å². The largest absolute Gasteiger partial charge is 0.469 e. The van der Waals surface area contributed by atoms with Crippen molar-refractivity contribution in [3.05, 3.63) is 109 Å². The number of allylic oxidation sites excluding steroid dienone is 17. The van der Waals surface area contributed by atoms with Gasteiger partial charge >= 0.3 is 19.8 Å². The quantitative estimate of drug-likeness (QED) is 0.0210. The van der Waals surface area contributed by atoms with Gasteiger partial charge in [-0.15, -0.1) is 0 Å². The summed E-state index contributed by atoms with van der Waals surface area (Å²) in [5.41, 5.74) is 0. The molecule has 0 aromatic rings. The van der Waals surface area contributed by atoms with Crippen LogP contribution in [0.4, 0.5) is 0 Å². The van der Waals surface area contributed by atoms with Crippen molar-refractivity contribution in [1.29, 1.82) is 0 Å². The SMILES string of the molecule is CC/C=C\C/C=C\C/C=C\C/C=C\C/C=C\CCCCCC(=O)O[C@H](COC(=O)CCC[C@H](O)[C@@H](O)C/C=C\C/C=C\C/C=C\C/C=C\CC)COP(=O)(O)O. The molecule has 0 aromatic carbocycles. The molecular weight excluding hydrogens is 731 g/mol. The fourth-order valence-corrected chi connectivity index (χ4v) is 5.26. The fraction of sp³-hybridized carbons (Fsp3) is 0.556. The highest BCUT2D eigenvalue weighted by Crippen LogP contribution is 2.36. The number of aliphatic hydroxyl groups excluding tert-OH is 2. The molecular formula is C45H71O10P. The number of hydrogen-bond acceptors (Lipinski definition) is 8. The number of carbonyl (C=O) groups excluding carboxylic acids is 2. The first kappa shape index (κ1) is 52.6. The Hall–Kier alpha value is -3.37. The molecule has 0 bridgehead atoms. The van der Waals surface area contributed by atoms with Gasteiger partial charge in [-0.05, 0) is 96.3 Å². The van der Waals surface area contributed by atoms with Crippen LogP contribution in [0.1, 0.15) is 129 Å². The molecule has 10 nitrogen and oxygen atoms in total. The summed E-state index contributed by atoms with van der Waals surface area (Å²) in [5.74, 6) is -1.22. The highest BCUT2D eigenvalue weighted by Gasteiger charge is 2.23. The van der Waals surface area contributed by atoms with Crippen LogP contribution in [-0.2, 0) is 28.2 Å². The molecule has 0 aliphatic rings. The van der Waals surface area contributed by atoms with E-state index in [0.717, 1.165) is 77.0 Å².